The van der Waals surface area contributed by atoms with Gasteiger partial charge in [-0.15, -0.1) is 12.1 Å². The van der Waals surface area contributed by atoms with Crippen LogP contribution in [0.4, 0.5) is 0 Å². The maximum atomic E-state index is 5.38. The van der Waals surface area contributed by atoms with Crippen LogP contribution in [0.1, 0.15) is 12.5 Å². The minimum absolute atomic E-state index is 0.591. The van der Waals surface area contributed by atoms with E-state index < -0.39 is 0 Å². The number of aryl methyl sites for hydroxylation is 1. The molecule has 15 heavy (non-hydrogen) atoms. The Bertz CT molecular complexity index is 239. The molecule has 0 atom stereocenters. The summed E-state index contributed by atoms with van der Waals surface area (Å²) in [5, 5.41) is 0. The summed E-state index contributed by atoms with van der Waals surface area (Å²) in [7, 11) is 0. The number of hydrogen-bond acceptors (Lipinski definition) is 2. The van der Waals surface area contributed by atoms with E-state index in [2.05, 4.69) is 19.7 Å². The summed E-state index contributed by atoms with van der Waals surface area (Å²) in [6.45, 7) is 5.96. The van der Waals surface area contributed by atoms with Gasteiger partial charge in [0.2, 0.25) is 0 Å². The van der Waals surface area contributed by atoms with Gasteiger partial charge in [-0.25, -0.2) is 0 Å². The van der Waals surface area contributed by atoms with E-state index in [0.717, 1.165) is 12.4 Å². The van der Waals surface area contributed by atoms with Gasteiger partial charge in [0.05, 0.1) is 6.61 Å². The summed E-state index contributed by atoms with van der Waals surface area (Å²) < 4.78 is 10.5. The van der Waals surface area contributed by atoms with Crippen LogP contribution in [0, 0.1) is 13.0 Å². The second-order valence-corrected chi connectivity index (χ2v) is 2.78. The zero-order valence-electron chi connectivity index (χ0n) is 9.25. The summed E-state index contributed by atoms with van der Waals surface area (Å²) >= 11 is 4.25. The van der Waals surface area contributed by atoms with E-state index in [-0.39, 0.29) is 0 Å². The van der Waals surface area contributed by atoms with Crippen molar-refractivity contribution in [3.8, 4) is 5.75 Å². The normalized spacial score (nSPS) is 9.13. The van der Waals surface area contributed by atoms with Crippen LogP contribution in [-0.4, -0.2) is 19.8 Å². The molecule has 0 saturated carbocycles. The molecule has 1 rings (SSSR count). The Morgan fingerprint density at radius 3 is 2.60 bits per heavy atom. The Labute approximate surface area is 108 Å². The summed E-state index contributed by atoms with van der Waals surface area (Å²) in [6, 6.07) is 8.87. The van der Waals surface area contributed by atoms with Crippen LogP contribution >= 0.6 is 13.6 Å². The molecule has 0 aliphatic rings. The van der Waals surface area contributed by atoms with Crippen LogP contribution in [0.5, 0.6) is 5.75 Å². The molecule has 0 aliphatic carbocycles. The predicted octanol–water partition coefficient (Wildman–Crippen LogP) is 3.05. The van der Waals surface area contributed by atoms with Crippen molar-refractivity contribution in [2.24, 2.45) is 0 Å². The van der Waals surface area contributed by atoms with E-state index in [1.54, 1.807) is 0 Å². The fourth-order valence-corrected chi connectivity index (χ4v) is 0.933. The van der Waals surface area contributed by atoms with Gasteiger partial charge in [-0.05, 0) is 6.92 Å². The van der Waals surface area contributed by atoms with Gasteiger partial charge in [-0.3, -0.25) is 0 Å². The molecule has 2 nitrogen and oxygen atoms in total. The summed E-state index contributed by atoms with van der Waals surface area (Å²) in [6.07, 6.45) is 0. The topological polar surface area (TPSA) is 18.5 Å². The average molecular weight is 325 g/mol. The number of ether oxygens (including phenoxy) is 2. The van der Waals surface area contributed by atoms with Gasteiger partial charge in [0, 0.05) is 12.4 Å². The van der Waals surface area contributed by atoms with Crippen molar-refractivity contribution in [2.45, 2.75) is 13.8 Å². The average Bonchev–Trinajstić information content (AvgIpc) is 2.30. The maximum absolute atomic E-state index is 5.38. The summed E-state index contributed by atoms with van der Waals surface area (Å²) in [4.78, 5) is 0. The van der Waals surface area contributed by atoms with E-state index >= 15 is 0 Å². The third-order valence-corrected chi connectivity index (χ3v) is 1.63. The fourth-order valence-electron chi connectivity index (χ4n) is 0.933. The monoisotopic (exact) mass is 322 g/mol. The van der Waals surface area contributed by atoms with Gasteiger partial charge < -0.3 is 9.47 Å². The van der Waals surface area contributed by atoms with Gasteiger partial charge in [0.1, 0.15) is 6.61 Å². The first-order chi connectivity index (χ1) is 7.33. The summed E-state index contributed by atoms with van der Waals surface area (Å²) in [5.74, 6) is 0.783. The Balaban J connectivity index is 0.000000921. The number of benzene rings is 1. The quantitative estimate of drug-likeness (QED) is 0.471. The van der Waals surface area contributed by atoms with E-state index in [0.29, 0.717) is 13.2 Å². The van der Waals surface area contributed by atoms with Crippen molar-refractivity contribution < 1.29 is 25.8 Å². The molecule has 0 bridgehead atoms. The van der Waals surface area contributed by atoms with Crippen LogP contribution < -0.4 is 4.74 Å². The van der Waals surface area contributed by atoms with E-state index in [9.17, 15) is 0 Å². The molecule has 1 aromatic carbocycles. The predicted molar refractivity (Wildman–Crippen MR) is 60.9 cm³/mol. The van der Waals surface area contributed by atoms with E-state index in [1.165, 1.54) is 21.9 Å². The number of hydrogen-bond donors (Lipinski definition) is 0. The second-order valence-electron chi connectivity index (χ2n) is 2.78. The third kappa shape index (κ3) is 7.95. The minimum atomic E-state index is 0.591. The van der Waals surface area contributed by atoms with Crippen molar-refractivity contribution in [2.75, 3.05) is 19.8 Å². The van der Waals surface area contributed by atoms with Crippen LogP contribution in [0.2, 0.25) is 0 Å². The molecule has 0 unspecified atom stereocenters. The third-order valence-electron chi connectivity index (χ3n) is 1.63. The van der Waals surface area contributed by atoms with Crippen molar-refractivity contribution in [3.05, 3.63) is 29.8 Å². The fraction of sp³-hybridized carbons (Fsp3) is 0.455. The molecule has 80 valence electrons. The Hall–Kier alpha value is 0.0834. The van der Waals surface area contributed by atoms with Gasteiger partial charge in [-0.2, -0.15) is 17.7 Å². The standard InChI is InChI=1S/C11H15O2.BrH.Zn/c1-3-12-8-9-13-11-6-4-10(2)5-7-11;;/h4-6H,3,8-9H2,1-2H3;1H;/q-1;;+2/p-1. The molecule has 0 N–H and O–H groups in total. The molecule has 0 heterocycles. The zero-order valence-corrected chi connectivity index (χ0v) is 13.8. The molecule has 0 aromatic heterocycles. The first-order valence-corrected chi connectivity index (χ1v) is 11.7. The first kappa shape index (κ1) is 15.1. The molecule has 0 aliphatic heterocycles. The van der Waals surface area contributed by atoms with E-state index in [1.807, 2.05) is 32.0 Å². The van der Waals surface area contributed by atoms with Crippen molar-refractivity contribution in [1.82, 2.24) is 0 Å². The van der Waals surface area contributed by atoms with Gasteiger partial charge in [-0.1, -0.05) is 6.92 Å². The first-order valence-electron chi connectivity index (χ1n) is 4.78. The second kappa shape index (κ2) is 10.6. The molecule has 0 radical (unpaired) electrons. The SMILES string of the molecule is CCOCCOc1[c-]cc(C)cc1.[Zn+][Br]. The zero-order chi connectivity index (χ0) is 11.5. The molecular weight excluding hydrogens is 309 g/mol. The van der Waals surface area contributed by atoms with Crippen LogP contribution in [0.15, 0.2) is 18.2 Å². The Morgan fingerprint density at radius 1 is 1.33 bits per heavy atom. The Kier molecular flexibility index (Phi) is 10.7. The Morgan fingerprint density at radius 2 is 2.07 bits per heavy atom. The van der Waals surface area contributed by atoms with E-state index in [4.69, 9.17) is 9.47 Å². The molecule has 1 aromatic rings. The molecular formula is C11H15BrO2Zn. The van der Waals surface area contributed by atoms with Crippen LogP contribution in [0.3, 0.4) is 0 Å². The number of rotatable bonds is 5. The van der Waals surface area contributed by atoms with Gasteiger partial charge >= 0.3 is 30.0 Å². The van der Waals surface area contributed by atoms with Crippen molar-refractivity contribution in [1.29, 1.82) is 0 Å². The van der Waals surface area contributed by atoms with Crippen LogP contribution in [-0.2, 0) is 21.1 Å². The molecule has 0 fully saturated rings. The molecule has 0 amide bonds. The molecule has 0 spiro atoms. The van der Waals surface area contributed by atoms with Gasteiger partial charge in [0.15, 0.2) is 0 Å². The van der Waals surface area contributed by atoms with Crippen LogP contribution in [0.25, 0.3) is 0 Å². The number of halogens is 1. The van der Waals surface area contributed by atoms with Crippen molar-refractivity contribution >= 4 is 13.6 Å². The molecule has 0 saturated heterocycles. The summed E-state index contributed by atoms with van der Waals surface area (Å²) in [5.41, 5.74) is 1.19. The molecule has 4 heteroatoms. The van der Waals surface area contributed by atoms with Gasteiger partial charge in [0.25, 0.3) is 0 Å². The van der Waals surface area contributed by atoms with Crippen molar-refractivity contribution in [3.63, 3.8) is 0 Å².